The Balaban J connectivity index is 1.67. The molecule has 3 aromatic heterocycles. The molecule has 0 saturated carbocycles. The van der Waals surface area contributed by atoms with Crippen molar-refractivity contribution >= 4 is 11.6 Å². The van der Waals surface area contributed by atoms with Gasteiger partial charge in [0.1, 0.15) is 11.4 Å². The number of carbonyl (C=O) groups is 1. The Morgan fingerprint density at radius 2 is 2.18 bits per heavy atom. The maximum Gasteiger partial charge on any atom is 0.287 e. The molecule has 0 saturated heterocycles. The second-order valence-corrected chi connectivity index (χ2v) is 5.53. The molecule has 3 heterocycles. The Morgan fingerprint density at radius 3 is 2.95 bits per heavy atom. The van der Waals surface area contributed by atoms with Gasteiger partial charge >= 0.3 is 0 Å². The molecule has 0 aliphatic heterocycles. The van der Waals surface area contributed by atoms with Crippen molar-refractivity contribution in [2.75, 3.05) is 14.1 Å². The van der Waals surface area contributed by atoms with E-state index in [1.165, 1.54) is 0 Å². The molecule has 0 spiro atoms. The van der Waals surface area contributed by atoms with E-state index in [-0.39, 0.29) is 5.91 Å². The molecule has 7 heteroatoms. The van der Waals surface area contributed by atoms with Gasteiger partial charge in [0.25, 0.3) is 5.91 Å². The van der Waals surface area contributed by atoms with E-state index >= 15 is 0 Å². The monoisotopic (exact) mass is 301 g/mol. The second-order valence-electron chi connectivity index (χ2n) is 5.53. The van der Waals surface area contributed by atoms with Crippen molar-refractivity contribution in [1.29, 1.82) is 0 Å². The molecule has 3 rings (SSSR count). The lowest BCUT2D eigenvalue weighted by atomic mass is 10.3. The lowest BCUT2D eigenvalue weighted by Crippen LogP contribution is -2.22. The van der Waals surface area contributed by atoms with E-state index in [9.17, 15) is 4.79 Å². The van der Waals surface area contributed by atoms with Gasteiger partial charge in [-0.1, -0.05) is 0 Å². The normalized spacial score (nSPS) is 11.5. The highest BCUT2D eigenvalue weighted by Gasteiger charge is 2.13. The Hall–Kier alpha value is -2.54. The van der Waals surface area contributed by atoms with Crippen molar-refractivity contribution in [3.8, 4) is 0 Å². The first-order valence-electron chi connectivity index (χ1n) is 7.04. The van der Waals surface area contributed by atoms with Gasteiger partial charge in [-0.2, -0.15) is 5.10 Å². The van der Waals surface area contributed by atoms with Crippen LogP contribution < -0.4 is 5.32 Å². The molecule has 0 radical (unpaired) electrons. The number of aryl methyl sites for hydroxylation is 1. The number of nitrogens with zero attached hydrogens (tertiary/aromatic N) is 4. The third-order valence-corrected chi connectivity index (χ3v) is 3.40. The fourth-order valence-corrected chi connectivity index (χ4v) is 2.41. The van der Waals surface area contributed by atoms with Gasteiger partial charge in [-0.15, -0.1) is 0 Å². The van der Waals surface area contributed by atoms with E-state index in [0.717, 1.165) is 17.0 Å². The summed E-state index contributed by atoms with van der Waals surface area (Å²) < 4.78 is 9.29. The average Bonchev–Trinajstić information content (AvgIpc) is 3.15. The first-order valence-corrected chi connectivity index (χ1v) is 7.04. The Labute approximate surface area is 128 Å². The summed E-state index contributed by atoms with van der Waals surface area (Å²) in [4.78, 5) is 14.1. The zero-order valence-electron chi connectivity index (χ0n) is 12.9. The summed E-state index contributed by atoms with van der Waals surface area (Å²) in [5, 5.41) is 7.11. The molecule has 0 unspecified atom stereocenters. The minimum atomic E-state index is -0.224. The minimum absolute atomic E-state index is 0.224. The number of amides is 1. The summed E-state index contributed by atoms with van der Waals surface area (Å²) >= 11 is 0. The molecule has 0 aliphatic carbocycles. The Kier molecular flexibility index (Phi) is 3.72. The molecular formula is C15H19N5O2. The molecule has 1 amide bonds. The van der Waals surface area contributed by atoms with Crippen molar-refractivity contribution in [2.45, 2.75) is 13.1 Å². The summed E-state index contributed by atoms with van der Waals surface area (Å²) in [6.45, 7) is 1.07. The van der Waals surface area contributed by atoms with Crippen molar-refractivity contribution in [3.05, 3.63) is 47.8 Å². The molecule has 22 heavy (non-hydrogen) atoms. The summed E-state index contributed by atoms with van der Waals surface area (Å²) in [5.74, 6) is 0.871. The summed E-state index contributed by atoms with van der Waals surface area (Å²) in [6, 6.07) is 3.52. The van der Waals surface area contributed by atoms with Crippen LogP contribution in [0.15, 0.2) is 35.1 Å². The lowest BCUT2D eigenvalue weighted by molar-refractivity contribution is 0.0920. The number of imidazole rings is 1. The summed E-state index contributed by atoms with van der Waals surface area (Å²) in [5.41, 5.74) is 1.92. The molecule has 116 valence electrons. The first-order chi connectivity index (χ1) is 10.5. The third kappa shape index (κ3) is 2.75. The molecular weight excluding hydrogens is 282 g/mol. The van der Waals surface area contributed by atoms with Crippen LogP contribution in [0.1, 0.15) is 21.9 Å². The number of furan rings is 1. The zero-order chi connectivity index (χ0) is 15.7. The van der Waals surface area contributed by atoms with Crippen LogP contribution in [0.25, 0.3) is 5.65 Å². The van der Waals surface area contributed by atoms with E-state index in [1.54, 1.807) is 16.8 Å². The lowest BCUT2D eigenvalue weighted by Gasteiger charge is -2.06. The number of hydrogen-bond acceptors (Lipinski definition) is 4. The predicted molar refractivity (Wildman–Crippen MR) is 81.4 cm³/mol. The van der Waals surface area contributed by atoms with Crippen LogP contribution in [0.5, 0.6) is 0 Å². The molecule has 0 aliphatic rings. The highest BCUT2D eigenvalue weighted by atomic mass is 16.4. The quantitative estimate of drug-likeness (QED) is 0.770. The fraction of sp³-hybridized carbons (Fsp3) is 0.333. The van der Waals surface area contributed by atoms with E-state index in [4.69, 9.17) is 4.42 Å². The van der Waals surface area contributed by atoms with Gasteiger partial charge in [0, 0.05) is 31.5 Å². The molecule has 0 bridgehead atoms. The first kappa shape index (κ1) is 14.4. The van der Waals surface area contributed by atoms with Gasteiger partial charge in [0.2, 0.25) is 0 Å². The number of nitrogens with one attached hydrogen (secondary N) is 1. The molecule has 0 fully saturated rings. The minimum Gasteiger partial charge on any atom is -0.455 e. The van der Waals surface area contributed by atoms with Crippen LogP contribution in [0.2, 0.25) is 0 Å². The molecule has 0 aromatic carbocycles. The number of rotatable bonds is 5. The van der Waals surface area contributed by atoms with E-state index < -0.39 is 0 Å². The van der Waals surface area contributed by atoms with Gasteiger partial charge in [0.15, 0.2) is 5.76 Å². The van der Waals surface area contributed by atoms with Gasteiger partial charge in [-0.25, -0.2) is 4.52 Å². The topological polar surface area (TPSA) is 67.7 Å². The maximum absolute atomic E-state index is 12.1. The van der Waals surface area contributed by atoms with Gasteiger partial charge < -0.3 is 19.2 Å². The standard InChI is InChI=1S/C15H19N5O2/c1-18(2)10-12-4-5-13(22-12)14(21)16-8-11-9-17-20-7-6-19(3)15(11)20/h4-7,9H,8,10H2,1-3H3,(H,16,21). The van der Waals surface area contributed by atoms with E-state index in [2.05, 4.69) is 10.4 Å². The van der Waals surface area contributed by atoms with E-state index in [1.807, 2.05) is 49.1 Å². The highest BCUT2D eigenvalue weighted by molar-refractivity contribution is 5.91. The zero-order valence-corrected chi connectivity index (χ0v) is 12.9. The van der Waals surface area contributed by atoms with Crippen LogP contribution in [0.4, 0.5) is 0 Å². The van der Waals surface area contributed by atoms with Crippen molar-refractivity contribution in [1.82, 2.24) is 24.4 Å². The predicted octanol–water partition coefficient (Wildman–Crippen LogP) is 1.26. The average molecular weight is 301 g/mol. The van der Waals surface area contributed by atoms with Gasteiger partial charge in [-0.3, -0.25) is 4.79 Å². The van der Waals surface area contributed by atoms with Crippen LogP contribution in [-0.2, 0) is 20.1 Å². The molecule has 0 atom stereocenters. The SMILES string of the molecule is CN(C)Cc1ccc(C(=O)NCc2cnn3ccn(C)c23)o1. The molecule has 1 N–H and O–H groups in total. The third-order valence-electron chi connectivity index (χ3n) is 3.40. The number of carbonyl (C=O) groups excluding carboxylic acids is 1. The fourth-order valence-electron chi connectivity index (χ4n) is 2.41. The van der Waals surface area contributed by atoms with Crippen molar-refractivity contribution < 1.29 is 9.21 Å². The molecule has 3 aromatic rings. The maximum atomic E-state index is 12.1. The number of hydrogen-bond donors (Lipinski definition) is 1. The summed E-state index contributed by atoms with van der Waals surface area (Å²) in [7, 11) is 5.85. The second kappa shape index (κ2) is 5.69. The van der Waals surface area contributed by atoms with Crippen molar-refractivity contribution in [2.24, 2.45) is 7.05 Å². The van der Waals surface area contributed by atoms with Crippen molar-refractivity contribution in [3.63, 3.8) is 0 Å². The number of aromatic nitrogens is 3. The smallest absolute Gasteiger partial charge is 0.287 e. The van der Waals surface area contributed by atoms with Crippen LogP contribution >= 0.6 is 0 Å². The van der Waals surface area contributed by atoms with Crippen LogP contribution in [0.3, 0.4) is 0 Å². The summed E-state index contributed by atoms with van der Waals surface area (Å²) in [6.07, 6.45) is 5.56. The Bertz CT molecular complexity index is 796. The van der Waals surface area contributed by atoms with Crippen LogP contribution in [-0.4, -0.2) is 39.1 Å². The van der Waals surface area contributed by atoms with E-state index in [0.29, 0.717) is 18.8 Å². The van der Waals surface area contributed by atoms with Crippen LogP contribution in [0, 0.1) is 0 Å². The van der Waals surface area contributed by atoms with Gasteiger partial charge in [-0.05, 0) is 26.2 Å². The molecule has 7 nitrogen and oxygen atoms in total. The Morgan fingerprint density at radius 1 is 1.36 bits per heavy atom. The largest absolute Gasteiger partial charge is 0.455 e. The number of fused-ring (bicyclic) bond motifs is 1. The van der Waals surface area contributed by atoms with Gasteiger partial charge in [0.05, 0.1) is 12.7 Å². The highest BCUT2D eigenvalue weighted by Crippen LogP contribution is 2.12.